The maximum atomic E-state index is 6.33. The van der Waals surface area contributed by atoms with Gasteiger partial charge in [-0.3, -0.25) is 0 Å². The highest BCUT2D eigenvalue weighted by Crippen LogP contribution is 2.31. The van der Waals surface area contributed by atoms with Crippen molar-refractivity contribution in [2.24, 2.45) is 5.73 Å². The van der Waals surface area contributed by atoms with E-state index in [2.05, 4.69) is 45.3 Å². The maximum Gasteiger partial charge on any atom is 0.0144 e. The molecule has 112 valence electrons. The van der Waals surface area contributed by atoms with Gasteiger partial charge in [0.1, 0.15) is 0 Å². The van der Waals surface area contributed by atoms with Crippen LogP contribution in [0.25, 0.3) is 0 Å². The van der Waals surface area contributed by atoms with E-state index in [0.29, 0.717) is 12.1 Å². The Morgan fingerprint density at radius 1 is 0.947 bits per heavy atom. The van der Waals surface area contributed by atoms with Crippen molar-refractivity contribution in [1.82, 2.24) is 10.6 Å². The van der Waals surface area contributed by atoms with Crippen molar-refractivity contribution in [3.63, 3.8) is 0 Å². The van der Waals surface area contributed by atoms with Gasteiger partial charge in [0.05, 0.1) is 0 Å². The molecule has 0 amide bonds. The predicted molar refractivity (Wildman–Crippen MR) is 82.3 cm³/mol. The second-order valence-electron chi connectivity index (χ2n) is 8.61. The first-order valence-electron chi connectivity index (χ1n) is 7.91. The van der Waals surface area contributed by atoms with Crippen molar-refractivity contribution in [2.45, 2.75) is 102 Å². The van der Waals surface area contributed by atoms with E-state index < -0.39 is 0 Å². The van der Waals surface area contributed by atoms with Crippen LogP contribution in [0.2, 0.25) is 0 Å². The summed E-state index contributed by atoms with van der Waals surface area (Å²) >= 11 is 0. The molecular weight excluding hydrogens is 234 g/mol. The fourth-order valence-electron chi connectivity index (χ4n) is 4.44. The summed E-state index contributed by atoms with van der Waals surface area (Å²) in [5.41, 5.74) is 6.81. The number of nitrogens with one attached hydrogen (secondary N) is 2. The molecule has 0 aromatic carbocycles. The van der Waals surface area contributed by atoms with Crippen LogP contribution in [0.5, 0.6) is 0 Å². The Balaban J connectivity index is 1.95. The van der Waals surface area contributed by atoms with E-state index in [0.717, 1.165) is 6.42 Å². The summed E-state index contributed by atoms with van der Waals surface area (Å²) in [6.07, 6.45) is 7.26. The molecule has 1 saturated carbocycles. The normalized spacial score (nSPS) is 39.2. The van der Waals surface area contributed by atoms with Gasteiger partial charge >= 0.3 is 0 Å². The van der Waals surface area contributed by atoms with Gasteiger partial charge in [-0.05, 0) is 66.7 Å². The van der Waals surface area contributed by atoms with E-state index in [9.17, 15) is 0 Å². The molecule has 2 unspecified atom stereocenters. The first kappa shape index (κ1) is 15.3. The molecule has 3 nitrogen and oxygen atoms in total. The molecule has 1 heterocycles. The second-order valence-corrected chi connectivity index (χ2v) is 8.61. The number of nitrogens with two attached hydrogens (primary N) is 1. The molecule has 0 radical (unpaired) electrons. The van der Waals surface area contributed by atoms with Crippen LogP contribution in [0.15, 0.2) is 0 Å². The van der Waals surface area contributed by atoms with Crippen molar-refractivity contribution < 1.29 is 0 Å². The molecule has 2 aliphatic rings. The zero-order valence-corrected chi connectivity index (χ0v) is 13.5. The van der Waals surface area contributed by atoms with Crippen molar-refractivity contribution in [1.29, 1.82) is 0 Å². The highest BCUT2D eigenvalue weighted by Gasteiger charge is 2.39. The van der Waals surface area contributed by atoms with Gasteiger partial charge in [0.15, 0.2) is 0 Å². The van der Waals surface area contributed by atoms with Crippen LogP contribution in [0.4, 0.5) is 0 Å². The third-order valence-corrected chi connectivity index (χ3v) is 4.67. The third kappa shape index (κ3) is 4.44. The fourth-order valence-corrected chi connectivity index (χ4v) is 4.44. The van der Waals surface area contributed by atoms with Crippen LogP contribution in [0, 0.1) is 0 Å². The van der Waals surface area contributed by atoms with Crippen LogP contribution in [0.1, 0.15) is 73.1 Å². The lowest BCUT2D eigenvalue weighted by Crippen LogP contribution is -2.63. The van der Waals surface area contributed by atoms with Gasteiger partial charge in [-0.15, -0.1) is 0 Å². The van der Waals surface area contributed by atoms with Crippen LogP contribution in [-0.2, 0) is 0 Å². The molecule has 2 fully saturated rings. The molecule has 0 bridgehead atoms. The number of hydrogen-bond donors (Lipinski definition) is 3. The molecule has 0 spiro atoms. The molecule has 19 heavy (non-hydrogen) atoms. The van der Waals surface area contributed by atoms with Crippen LogP contribution in [0.3, 0.4) is 0 Å². The van der Waals surface area contributed by atoms with Gasteiger partial charge in [-0.25, -0.2) is 0 Å². The van der Waals surface area contributed by atoms with Crippen molar-refractivity contribution in [3.8, 4) is 0 Å². The Bertz CT molecular complexity index is 304. The van der Waals surface area contributed by atoms with Gasteiger partial charge in [0.2, 0.25) is 0 Å². The van der Waals surface area contributed by atoms with E-state index >= 15 is 0 Å². The Morgan fingerprint density at radius 3 is 2.05 bits per heavy atom. The average Bonchev–Trinajstić information content (AvgIpc) is 2.09. The molecule has 1 aliphatic heterocycles. The maximum absolute atomic E-state index is 6.33. The number of hydrogen-bond acceptors (Lipinski definition) is 3. The molecule has 0 aromatic rings. The minimum Gasteiger partial charge on any atom is -0.325 e. The third-order valence-electron chi connectivity index (χ3n) is 4.67. The molecular formula is C16H33N3. The van der Waals surface area contributed by atoms with Crippen molar-refractivity contribution in [2.75, 3.05) is 0 Å². The Hall–Kier alpha value is -0.120. The molecule has 1 saturated heterocycles. The Morgan fingerprint density at radius 2 is 1.53 bits per heavy atom. The smallest absolute Gasteiger partial charge is 0.0144 e. The van der Waals surface area contributed by atoms with Gasteiger partial charge in [-0.2, -0.15) is 0 Å². The summed E-state index contributed by atoms with van der Waals surface area (Å²) in [5.74, 6) is 0. The summed E-state index contributed by atoms with van der Waals surface area (Å²) < 4.78 is 0. The monoisotopic (exact) mass is 267 g/mol. The quantitative estimate of drug-likeness (QED) is 0.720. The standard InChI is InChI=1S/C16H33N3/c1-14(2)9-13(10-15(3,4)19-14)18-12-7-6-8-16(5,17)11-12/h12-13,18-19H,6-11,17H2,1-5H3. The van der Waals surface area contributed by atoms with E-state index in [4.69, 9.17) is 5.73 Å². The van der Waals surface area contributed by atoms with Gasteiger partial charge in [-0.1, -0.05) is 6.42 Å². The van der Waals surface area contributed by atoms with Crippen LogP contribution >= 0.6 is 0 Å². The summed E-state index contributed by atoms with van der Waals surface area (Å²) in [6.45, 7) is 11.5. The largest absolute Gasteiger partial charge is 0.325 e. The Labute approximate surface area is 119 Å². The van der Waals surface area contributed by atoms with E-state index in [-0.39, 0.29) is 16.6 Å². The van der Waals surface area contributed by atoms with E-state index in [1.807, 2.05) is 0 Å². The molecule has 2 atom stereocenters. The second kappa shape index (κ2) is 5.01. The summed E-state index contributed by atoms with van der Waals surface area (Å²) in [6, 6.07) is 1.23. The van der Waals surface area contributed by atoms with Gasteiger partial charge in [0, 0.05) is 28.7 Å². The first-order chi connectivity index (χ1) is 8.57. The summed E-state index contributed by atoms with van der Waals surface area (Å²) in [5, 5.41) is 7.66. The molecule has 2 rings (SSSR count). The zero-order chi connectivity index (χ0) is 14.3. The molecule has 0 aromatic heterocycles. The lowest BCUT2D eigenvalue weighted by Gasteiger charge is -2.48. The average molecular weight is 267 g/mol. The van der Waals surface area contributed by atoms with Crippen LogP contribution in [-0.4, -0.2) is 28.7 Å². The van der Waals surface area contributed by atoms with Gasteiger partial charge < -0.3 is 16.4 Å². The fraction of sp³-hybridized carbons (Fsp3) is 1.00. The first-order valence-corrected chi connectivity index (χ1v) is 7.91. The van der Waals surface area contributed by atoms with Crippen LogP contribution < -0.4 is 16.4 Å². The number of rotatable bonds is 2. The Kier molecular flexibility index (Phi) is 4.03. The lowest BCUT2D eigenvalue weighted by atomic mass is 9.77. The number of piperidine rings is 1. The molecule has 4 N–H and O–H groups in total. The molecule has 3 heteroatoms. The topological polar surface area (TPSA) is 50.1 Å². The molecule has 1 aliphatic carbocycles. The van der Waals surface area contributed by atoms with E-state index in [1.54, 1.807) is 0 Å². The summed E-state index contributed by atoms with van der Waals surface area (Å²) in [7, 11) is 0. The van der Waals surface area contributed by atoms with Crippen molar-refractivity contribution in [3.05, 3.63) is 0 Å². The lowest BCUT2D eigenvalue weighted by molar-refractivity contribution is 0.128. The summed E-state index contributed by atoms with van der Waals surface area (Å²) in [4.78, 5) is 0. The SMILES string of the molecule is CC1(N)CCCC(NC2CC(C)(C)NC(C)(C)C2)C1. The minimum absolute atomic E-state index is 0.0356. The van der Waals surface area contributed by atoms with E-state index in [1.165, 1.54) is 32.1 Å². The minimum atomic E-state index is 0.0356. The zero-order valence-electron chi connectivity index (χ0n) is 13.5. The van der Waals surface area contributed by atoms with Gasteiger partial charge in [0.25, 0.3) is 0 Å². The van der Waals surface area contributed by atoms with Crippen molar-refractivity contribution >= 4 is 0 Å². The highest BCUT2D eigenvalue weighted by molar-refractivity contribution is 5.01. The predicted octanol–water partition coefficient (Wildman–Crippen LogP) is 2.55. The highest BCUT2D eigenvalue weighted by atomic mass is 15.1.